The molecule has 0 unspecified atom stereocenters. The highest BCUT2D eigenvalue weighted by atomic mass is 19.1. The zero-order valence-electron chi connectivity index (χ0n) is 16.0. The molecular weight excluding hydrogens is 375 g/mol. The Hall–Kier alpha value is -3.42. The molecule has 7 nitrogen and oxygen atoms in total. The highest BCUT2D eigenvalue weighted by Gasteiger charge is 2.15. The summed E-state index contributed by atoms with van der Waals surface area (Å²) in [5.41, 5.74) is 2.47. The lowest BCUT2D eigenvalue weighted by molar-refractivity contribution is -0.121. The molecule has 1 aromatic carbocycles. The van der Waals surface area contributed by atoms with Gasteiger partial charge < -0.3 is 9.73 Å². The second-order valence-corrected chi connectivity index (χ2v) is 6.84. The third-order valence-corrected chi connectivity index (χ3v) is 4.84. The maximum absolute atomic E-state index is 13.2. The summed E-state index contributed by atoms with van der Waals surface area (Å²) < 4.78 is 21.8. The van der Waals surface area contributed by atoms with Gasteiger partial charge in [0.1, 0.15) is 17.2 Å². The number of amides is 1. The molecule has 0 bridgehead atoms. The second-order valence-electron chi connectivity index (χ2n) is 6.84. The van der Waals surface area contributed by atoms with Gasteiger partial charge in [0.25, 0.3) is 5.56 Å². The first-order chi connectivity index (χ1) is 14.1. The molecule has 29 heavy (non-hydrogen) atoms. The Morgan fingerprint density at radius 2 is 2.10 bits per heavy atom. The van der Waals surface area contributed by atoms with Crippen LogP contribution in [0.2, 0.25) is 0 Å². The van der Waals surface area contributed by atoms with E-state index in [9.17, 15) is 14.0 Å². The summed E-state index contributed by atoms with van der Waals surface area (Å²) in [7, 11) is 0. The number of carbonyl (C=O) groups is 1. The van der Waals surface area contributed by atoms with Crippen molar-refractivity contribution < 1.29 is 13.6 Å². The van der Waals surface area contributed by atoms with E-state index in [0.29, 0.717) is 36.0 Å². The second kappa shape index (κ2) is 7.90. The molecule has 4 aromatic rings. The molecule has 1 amide bonds. The van der Waals surface area contributed by atoms with Gasteiger partial charge in [0.15, 0.2) is 5.58 Å². The number of nitrogens with zero attached hydrogens (tertiary/aromatic N) is 3. The molecule has 0 saturated heterocycles. The largest absolute Gasteiger partial charge is 0.463 e. The van der Waals surface area contributed by atoms with E-state index in [2.05, 4.69) is 10.4 Å². The fourth-order valence-corrected chi connectivity index (χ4v) is 3.43. The Morgan fingerprint density at radius 3 is 2.90 bits per heavy atom. The van der Waals surface area contributed by atoms with Crippen LogP contribution >= 0.6 is 0 Å². The van der Waals surface area contributed by atoms with Crippen molar-refractivity contribution in [2.75, 3.05) is 0 Å². The molecule has 0 aliphatic rings. The highest BCUT2D eigenvalue weighted by molar-refractivity contribution is 5.82. The van der Waals surface area contributed by atoms with Crippen molar-refractivity contribution in [2.24, 2.45) is 0 Å². The third-order valence-electron chi connectivity index (χ3n) is 4.84. The number of carbonyl (C=O) groups excluding carboxylic acids is 1. The van der Waals surface area contributed by atoms with E-state index in [4.69, 9.17) is 4.42 Å². The van der Waals surface area contributed by atoms with Crippen LogP contribution in [0.25, 0.3) is 16.6 Å². The monoisotopic (exact) mass is 396 g/mol. The Bertz CT molecular complexity index is 1240. The SMILES string of the molecule is CCc1nn(CCCC(=O)NCc2cccc(F)c2)c(=O)c2cc3occc3n12. The molecule has 0 saturated carbocycles. The molecule has 150 valence electrons. The topological polar surface area (TPSA) is 81.5 Å². The molecule has 0 radical (unpaired) electrons. The zero-order chi connectivity index (χ0) is 20.4. The quantitative estimate of drug-likeness (QED) is 0.521. The lowest BCUT2D eigenvalue weighted by atomic mass is 10.2. The Kier molecular flexibility index (Phi) is 5.16. The van der Waals surface area contributed by atoms with Gasteiger partial charge in [-0.3, -0.25) is 14.0 Å². The summed E-state index contributed by atoms with van der Waals surface area (Å²) in [5, 5.41) is 7.24. The number of benzene rings is 1. The molecule has 0 aliphatic carbocycles. The minimum Gasteiger partial charge on any atom is -0.463 e. The van der Waals surface area contributed by atoms with E-state index in [-0.39, 0.29) is 30.2 Å². The first-order valence-corrected chi connectivity index (χ1v) is 9.56. The first kappa shape index (κ1) is 18.9. The summed E-state index contributed by atoms with van der Waals surface area (Å²) in [6, 6.07) is 9.64. The third kappa shape index (κ3) is 3.78. The van der Waals surface area contributed by atoms with E-state index in [1.807, 2.05) is 17.4 Å². The number of hydrogen-bond acceptors (Lipinski definition) is 4. The van der Waals surface area contributed by atoms with Crippen molar-refractivity contribution in [1.82, 2.24) is 19.5 Å². The van der Waals surface area contributed by atoms with Crippen LogP contribution in [0, 0.1) is 5.82 Å². The summed E-state index contributed by atoms with van der Waals surface area (Å²) in [6.45, 7) is 2.58. The molecule has 3 heterocycles. The zero-order valence-corrected chi connectivity index (χ0v) is 16.0. The van der Waals surface area contributed by atoms with Gasteiger partial charge in [0.05, 0.1) is 11.8 Å². The number of nitrogens with one attached hydrogen (secondary N) is 1. The molecule has 3 aromatic heterocycles. The number of hydrogen-bond donors (Lipinski definition) is 1. The normalized spacial score (nSPS) is 11.4. The summed E-state index contributed by atoms with van der Waals surface area (Å²) in [5.74, 6) is 0.271. The summed E-state index contributed by atoms with van der Waals surface area (Å²) in [4.78, 5) is 24.8. The fraction of sp³-hybridized carbons (Fsp3) is 0.286. The predicted octanol–water partition coefficient (Wildman–Crippen LogP) is 3.04. The molecule has 0 aliphatic heterocycles. The van der Waals surface area contributed by atoms with Crippen molar-refractivity contribution in [3.05, 3.63) is 70.2 Å². The predicted molar refractivity (Wildman–Crippen MR) is 106 cm³/mol. The van der Waals surface area contributed by atoms with Crippen molar-refractivity contribution in [3.63, 3.8) is 0 Å². The molecule has 0 atom stereocenters. The van der Waals surface area contributed by atoms with Gasteiger partial charge in [-0.25, -0.2) is 9.07 Å². The molecule has 0 spiro atoms. The van der Waals surface area contributed by atoms with Gasteiger partial charge in [0.2, 0.25) is 5.91 Å². The van der Waals surface area contributed by atoms with Gasteiger partial charge in [-0.1, -0.05) is 19.1 Å². The lowest BCUT2D eigenvalue weighted by Gasteiger charge is -2.10. The van der Waals surface area contributed by atoms with E-state index in [0.717, 1.165) is 11.3 Å². The van der Waals surface area contributed by atoms with Gasteiger partial charge in [-0.05, 0) is 24.1 Å². The minimum absolute atomic E-state index is 0.153. The maximum Gasteiger partial charge on any atom is 0.291 e. The van der Waals surface area contributed by atoms with Crippen LogP contribution < -0.4 is 10.9 Å². The van der Waals surface area contributed by atoms with E-state index in [1.54, 1.807) is 24.5 Å². The number of aryl methyl sites for hydroxylation is 2. The standard InChI is InChI=1S/C21H21FN4O3/c1-2-19-24-25(21(28)17-12-18-16(26(17)19)8-10-29-18)9-4-7-20(27)23-13-14-5-3-6-15(22)11-14/h3,5-6,8,10-12H,2,4,7,9,13H2,1H3,(H,23,27). The molecule has 0 fully saturated rings. The number of halogens is 1. The van der Waals surface area contributed by atoms with Crippen molar-refractivity contribution >= 4 is 22.5 Å². The van der Waals surface area contributed by atoms with E-state index in [1.165, 1.54) is 16.8 Å². The average molecular weight is 396 g/mol. The van der Waals surface area contributed by atoms with Crippen molar-refractivity contribution in [1.29, 1.82) is 0 Å². The van der Waals surface area contributed by atoms with Crippen molar-refractivity contribution in [2.45, 2.75) is 39.3 Å². The van der Waals surface area contributed by atoms with Gasteiger partial charge in [-0.2, -0.15) is 5.10 Å². The van der Waals surface area contributed by atoms with Crippen molar-refractivity contribution in [3.8, 4) is 0 Å². The summed E-state index contributed by atoms with van der Waals surface area (Å²) in [6.07, 6.45) is 2.96. The lowest BCUT2D eigenvalue weighted by Crippen LogP contribution is -2.28. The van der Waals surface area contributed by atoms with Crippen LogP contribution in [0.5, 0.6) is 0 Å². The first-order valence-electron chi connectivity index (χ1n) is 9.56. The number of furan rings is 1. The Morgan fingerprint density at radius 1 is 1.24 bits per heavy atom. The molecule has 1 N–H and O–H groups in total. The highest BCUT2D eigenvalue weighted by Crippen LogP contribution is 2.20. The van der Waals surface area contributed by atoms with Gasteiger partial charge in [0, 0.05) is 38.1 Å². The minimum atomic E-state index is -0.332. The van der Waals surface area contributed by atoms with Crippen LogP contribution in [0.15, 0.2) is 51.9 Å². The number of rotatable bonds is 7. The average Bonchev–Trinajstić information content (AvgIpc) is 3.30. The Balaban J connectivity index is 1.42. The van der Waals surface area contributed by atoms with Crippen LogP contribution in [-0.2, 0) is 24.3 Å². The smallest absolute Gasteiger partial charge is 0.291 e. The molecular formula is C21H21FN4O3. The van der Waals surface area contributed by atoms with Crippen LogP contribution in [0.1, 0.15) is 31.2 Å². The fourth-order valence-electron chi connectivity index (χ4n) is 3.43. The summed E-state index contributed by atoms with van der Waals surface area (Å²) >= 11 is 0. The van der Waals surface area contributed by atoms with Gasteiger partial charge in [-0.15, -0.1) is 0 Å². The van der Waals surface area contributed by atoms with Gasteiger partial charge >= 0.3 is 0 Å². The van der Waals surface area contributed by atoms with Crippen LogP contribution in [0.3, 0.4) is 0 Å². The number of fused-ring (bicyclic) bond motifs is 3. The molecule has 8 heteroatoms. The van der Waals surface area contributed by atoms with E-state index >= 15 is 0 Å². The Labute approximate surface area is 165 Å². The maximum atomic E-state index is 13.2. The number of aromatic nitrogens is 3. The van der Waals surface area contributed by atoms with E-state index < -0.39 is 0 Å². The molecule has 4 rings (SSSR count). The van der Waals surface area contributed by atoms with Crippen LogP contribution in [-0.4, -0.2) is 20.1 Å². The van der Waals surface area contributed by atoms with Crippen LogP contribution in [0.4, 0.5) is 4.39 Å².